The average Bonchev–Trinajstić information content (AvgIpc) is 3.34. The second kappa shape index (κ2) is 19.1. The van der Waals surface area contributed by atoms with E-state index in [-0.39, 0.29) is 0 Å². The van der Waals surface area contributed by atoms with Crippen LogP contribution in [0.4, 0.5) is 0 Å². The average molecular weight is 658 g/mol. The molecule has 4 aliphatic carbocycles. The molecule has 0 spiro atoms. The Kier molecular flexibility index (Phi) is 14.4. The lowest BCUT2D eigenvalue weighted by Gasteiger charge is -2.36. The van der Waals surface area contributed by atoms with Crippen molar-refractivity contribution in [3.63, 3.8) is 0 Å². The lowest BCUT2D eigenvalue weighted by molar-refractivity contribution is 0.223. The van der Waals surface area contributed by atoms with Crippen LogP contribution in [0.25, 0.3) is 5.57 Å². The summed E-state index contributed by atoms with van der Waals surface area (Å²) in [6, 6.07) is 7.13. The summed E-state index contributed by atoms with van der Waals surface area (Å²) in [4.78, 5) is 2.62. The van der Waals surface area contributed by atoms with Crippen LogP contribution in [-0.2, 0) is 6.42 Å². The third kappa shape index (κ3) is 10.1. The molecule has 4 aliphatic rings. The summed E-state index contributed by atoms with van der Waals surface area (Å²) in [5.74, 6) is 1.42. The highest BCUT2D eigenvalue weighted by molar-refractivity contribution is 5.85. The summed E-state index contributed by atoms with van der Waals surface area (Å²) < 4.78 is 0. The lowest BCUT2D eigenvalue weighted by atomic mass is 9.88. The molecule has 0 aliphatic heterocycles. The van der Waals surface area contributed by atoms with Gasteiger partial charge in [-0.2, -0.15) is 0 Å². The van der Waals surface area contributed by atoms with Crippen molar-refractivity contribution in [3.05, 3.63) is 137 Å². The SMILES string of the molecule is C=CC1=C(/C=C\CN(C2=CC=C(CCCC)C=CC2)C2C=CC(CCCC)CC2)c2ccc(CC3=CCCC(CCCC)C=C3)cc2C1O. The molecule has 4 unspecified atom stereocenters. The molecule has 1 aromatic rings. The Bertz CT molecular complexity index is 1510. The largest absolute Gasteiger partial charge is 0.384 e. The van der Waals surface area contributed by atoms with Crippen LogP contribution in [0.1, 0.15) is 133 Å². The van der Waals surface area contributed by atoms with Crippen molar-refractivity contribution < 1.29 is 5.11 Å². The maximum atomic E-state index is 11.5. The number of nitrogens with zero attached hydrogens (tertiary/aromatic N) is 1. The third-order valence-electron chi connectivity index (χ3n) is 11.1. The number of aliphatic hydroxyl groups excluding tert-OH is 1. The first-order valence-electron chi connectivity index (χ1n) is 19.8. The van der Waals surface area contributed by atoms with E-state index in [4.69, 9.17) is 0 Å². The van der Waals surface area contributed by atoms with Gasteiger partial charge in [0.05, 0.1) is 0 Å². The molecule has 0 aromatic heterocycles. The molecule has 49 heavy (non-hydrogen) atoms. The predicted octanol–water partition coefficient (Wildman–Crippen LogP) is 12.6. The van der Waals surface area contributed by atoms with E-state index in [0.29, 0.717) is 12.0 Å². The number of allylic oxidation sites excluding steroid dienone is 12. The number of aliphatic hydroxyl groups is 1. The molecule has 2 heteroatoms. The maximum absolute atomic E-state index is 11.5. The van der Waals surface area contributed by atoms with Crippen LogP contribution in [0.3, 0.4) is 0 Å². The number of hydrogen-bond donors (Lipinski definition) is 1. The summed E-state index contributed by atoms with van der Waals surface area (Å²) >= 11 is 0. The monoisotopic (exact) mass is 657 g/mol. The number of benzene rings is 1. The van der Waals surface area contributed by atoms with Gasteiger partial charge in [0.2, 0.25) is 0 Å². The predicted molar refractivity (Wildman–Crippen MR) is 212 cm³/mol. The first-order valence-corrected chi connectivity index (χ1v) is 19.8. The Hall–Kier alpha value is -3.36. The first kappa shape index (κ1) is 36.9. The topological polar surface area (TPSA) is 23.5 Å². The van der Waals surface area contributed by atoms with Crippen molar-refractivity contribution in [2.75, 3.05) is 6.54 Å². The minimum Gasteiger partial charge on any atom is -0.384 e. The van der Waals surface area contributed by atoms with Gasteiger partial charge in [-0.15, -0.1) is 0 Å². The number of unbranched alkanes of at least 4 members (excludes halogenated alkanes) is 3. The molecule has 0 amide bonds. The van der Waals surface area contributed by atoms with Crippen molar-refractivity contribution in [2.45, 2.75) is 129 Å². The summed E-state index contributed by atoms with van der Waals surface area (Å²) in [5.41, 5.74) is 9.65. The smallest absolute Gasteiger partial charge is 0.105 e. The van der Waals surface area contributed by atoms with Crippen LogP contribution in [0.5, 0.6) is 0 Å². The van der Waals surface area contributed by atoms with Crippen LogP contribution in [-0.4, -0.2) is 22.6 Å². The van der Waals surface area contributed by atoms with Crippen molar-refractivity contribution in [1.82, 2.24) is 4.90 Å². The van der Waals surface area contributed by atoms with Crippen LogP contribution in [0.2, 0.25) is 0 Å². The van der Waals surface area contributed by atoms with Gasteiger partial charge in [-0.25, -0.2) is 0 Å². The number of hydrogen-bond acceptors (Lipinski definition) is 2. The number of rotatable bonds is 17. The minimum absolute atomic E-state index is 0.402. The Morgan fingerprint density at radius 1 is 0.878 bits per heavy atom. The Morgan fingerprint density at radius 2 is 1.67 bits per heavy atom. The Morgan fingerprint density at radius 3 is 2.41 bits per heavy atom. The summed E-state index contributed by atoms with van der Waals surface area (Å²) in [6.45, 7) is 11.8. The van der Waals surface area contributed by atoms with E-state index in [1.54, 1.807) is 0 Å². The van der Waals surface area contributed by atoms with Gasteiger partial charge in [0, 0.05) is 24.7 Å². The highest BCUT2D eigenvalue weighted by atomic mass is 16.3. The molecule has 1 N–H and O–H groups in total. The quantitative estimate of drug-likeness (QED) is 0.169. The van der Waals surface area contributed by atoms with E-state index >= 15 is 0 Å². The van der Waals surface area contributed by atoms with Gasteiger partial charge < -0.3 is 10.0 Å². The molecule has 262 valence electrons. The maximum Gasteiger partial charge on any atom is 0.105 e. The molecular formula is C47H63NO. The van der Waals surface area contributed by atoms with Crippen LogP contribution < -0.4 is 0 Å². The van der Waals surface area contributed by atoms with Gasteiger partial charge in [0.15, 0.2) is 0 Å². The fourth-order valence-electron chi connectivity index (χ4n) is 8.05. The summed E-state index contributed by atoms with van der Waals surface area (Å²) in [5, 5.41) is 11.5. The molecule has 0 heterocycles. The zero-order valence-electron chi connectivity index (χ0n) is 30.9. The zero-order chi connectivity index (χ0) is 34.4. The van der Waals surface area contributed by atoms with Crippen LogP contribution in [0.15, 0.2) is 120 Å². The van der Waals surface area contributed by atoms with E-state index in [1.165, 1.54) is 93.0 Å². The van der Waals surface area contributed by atoms with Crippen LogP contribution >= 0.6 is 0 Å². The van der Waals surface area contributed by atoms with Gasteiger partial charge >= 0.3 is 0 Å². The fourth-order valence-corrected chi connectivity index (χ4v) is 8.05. The van der Waals surface area contributed by atoms with E-state index in [2.05, 4.69) is 117 Å². The van der Waals surface area contributed by atoms with E-state index in [9.17, 15) is 5.11 Å². The van der Waals surface area contributed by atoms with Gasteiger partial charge in [-0.1, -0.05) is 144 Å². The Balaban J connectivity index is 1.33. The molecule has 4 atom stereocenters. The van der Waals surface area contributed by atoms with E-state index < -0.39 is 6.10 Å². The molecule has 0 radical (unpaired) electrons. The third-order valence-corrected chi connectivity index (χ3v) is 11.1. The van der Waals surface area contributed by atoms with Crippen molar-refractivity contribution in [3.8, 4) is 0 Å². The highest BCUT2D eigenvalue weighted by Crippen LogP contribution is 2.42. The van der Waals surface area contributed by atoms with Crippen LogP contribution in [0, 0.1) is 11.8 Å². The molecule has 0 bridgehead atoms. The second-order valence-electron chi connectivity index (χ2n) is 14.8. The van der Waals surface area contributed by atoms with Gasteiger partial charge in [0.1, 0.15) is 6.10 Å². The van der Waals surface area contributed by atoms with Gasteiger partial charge in [-0.3, -0.25) is 0 Å². The molecule has 0 saturated carbocycles. The molecule has 5 rings (SSSR count). The molecule has 2 nitrogen and oxygen atoms in total. The Labute approximate surface area is 299 Å². The standard InChI is InChI=1S/C47H63NO/c1-5-9-15-36-18-12-20-39(24-23-36)34-40-28-32-45-44(43(8-4)47(49)46(45)35-40)22-14-33-48(42-30-26-38(27-31-42)17-11-7-3)41-21-13-19-37(25-29-41)16-10-6-2/h8,13-14,19-20,22-26,28-30,32,35-36,38,42,47,49H,4-7,9-12,15-18,21,27,31,33-34H2,1-3H3/b22-14-. The summed E-state index contributed by atoms with van der Waals surface area (Å²) in [7, 11) is 0. The summed E-state index contributed by atoms with van der Waals surface area (Å²) in [6.07, 6.45) is 45.5. The number of fused-ring (bicyclic) bond motifs is 1. The van der Waals surface area contributed by atoms with Crippen molar-refractivity contribution >= 4 is 5.57 Å². The molecule has 1 aromatic carbocycles. The minimum atomic E-state index is -0.636. The highest BCUT2D eigenvalue weighted by Gasteiger charge is 2.28. The van der Waals surface area contributed by atoms with Gasteiger partial charge in [-0.05, 0) is 115 Å². The van der Waals surface area contributed by atoms with E-state index in [1.807, 2.05) is 6.08 Å². The lowest BCUT2D eigenvalue weighted by Crippen LogP contribution is -2.35. The van der Waals surface area contributed by atoms with Crippen molar-refractivity contribution in [1.29, 1.82) is 0 Å². The first-order chi connectivity index (χ1) is 24.0. The second-order valence-corrected chi connectivity index (χ2v) is 14.8. The van der Waals surface area contributed by atoms with Crippen molar-refractivity contribution in [2.24, 2.45) is 11.8 Å². The molecule has 0 saturated heterocycles. The zero-order valence-corrected chi connectivity index (χ0v) is 30.9. The molecule has 0 fully saturated rings. The normalized spacial score (nSPS) is 23.6. The van der Waals surface area contributed by atoms with E-state index in [0.717, 1.165) is 60.4 Å². The fraction of sp³-hybridized carbons (Fsp3) is 0.489. The molecular weight excluding hydrogens is 595 g/mol. The van der Waals surface area contributed by atoms with Gasteiger partial charge in [0.25, 0.3) is 0 Å².